The Kier molecular flexibility index (Phi) is 5.35. The Morgan fingerprint density at radius 2 is 2.32 bits per heavy atom. The number of rotatable bonds is 7. The Bertz CT molecular complexity index is 511. The minimum Gasteiger partial charge on any atom is -0.338 e. The molecule has 0 aliphatic heterocycles. The molecule has 2 rings (SSSR count). The zero-order valence-corrected chi connectivity index (χ0v) is 13.1. The van der Waals surface area contributed by atoms with E-state index in [-0.39, 0.29) is 0 Å². The Hall–Kier alpha value is -0.920. The lowest BCUT2D eigenvalue weighted by atomic mass is 10.3. The number of aromatic nitrogens is 3. The topological polar surface area (TPSA) is 55.1 Å². The van der Waals surface area contributed by atoms with Gasteiger partial charge >= 0.3 is 0 Å². The monoisotopic (exact) mass is 298 g/mol. The summed E-state index contributed by atoms with van der Waals surface area (Å²) in [6.07, 6.45) is 3.04. The van der Waals surface area contributed by atoms with Crippen LogP contribution in [-0.2, 0) is 18.7 Å². The van der Waals surface area contributed by atoms with E-state index >= 15 is 0 Å². The highest BCUT2D eigenvalue weighted by Gasteiger charge is 2.10. The second kappa shape index (κ2) is 7.02. The first-order chi connectivity index (χ1) is 9.19. The van der Waals surface area contributed by atoms with Crippen LogP contribution in [-0.4, -0.2) is 39.9 Å². The van der Waals surface area contributed by atoms with Crippen molar-refractivity contribution in [1.82, 2.24) is 20.0 Å². The van der Waals surface area contributed by atoms with E-state index in [1.54, 1.807) is 23.1 Å². The maximum absolute atomic E-state index is 5.22. The average Bonchev–Trinajstić information content (AvgIpc) is 2.97. The lowest BCUT2D eigenvalue weighted by molar-refractivity contribution is 0.269. The fourth-order valence-corrected chi connectivity index (χ4v) is 2.86. The van der Waals surface area contributed by atoms with Crippen molar-refractivity contribution in [1.29, 1.82) is 0 Å². The van der Waals surface area contributed by atoms with Gasteiger partial charge in [-0.15, -0.1) is 11.3 Å². The van der Waals surface area contributed by atoms with Crippen molar-refractivity contribution in [3.05, 3.63) is 27.8 Å². The summed E-state index contributed by atoms with van der Waals surface area (Å²) >= 11 is 3.41. The quantitative estimate of drug-likeness (QED) is 0.782. The number of thioether (sulfide) groups is 1. The molecule has 104 valence electrons. The first kappa shape index (κ1) is 14.5. The van der Waals surface area contributed by atoms with Crippen molar-refractivity contribution in [3.8, 4) is 0 Å². The number of thiazole rings is 1. The fraction of sp³-hybridized carbons (Fsp3) is 0.583. The van der Waals surface area contributed by atoms with E-state index < -0.39 is 0 Å². The summed E-state index contributed by atoms with van der Waals surface area (Å²) in [5.74, 6) is 2.26. The van der Waals surface area contributed by atoms with Crippen LogP contribution in [0.3, 0.4) is 0 Å². The lowest BCUT2D eigenvalue weighted by Gasteiger charge is -2.13. The first-order valence-corrected chi connectivity index (χ1v) is 8.34. The molecule has 0 saturated carbocycles. The first-order valence-electron chi connectivity index (χ1n) is 6.07. The van der Waals surface area contributed by atoms with Gasteiger partial charge in [-0.25, -0.2) is 4.98 Å². The van der Waals surface area contributed by atoms with Gasteiger partial charge in [0.1, 0.15) is 0 Å². The minimum atomic E-state index is 0.688. The standard InChI is InChI=1S/C12H18N4OS2/c1-9-10(19-8-13-9)4-5-16(2)6-12-14-11(7-18-3)15-17-12/h8H,4-7H2,1-3H3. The normalized spacial score (nSPS) is 11.4. The molecule has 0 spiro atoms. The smallest absolute Gasteiger partial charge is 0.240 e. The van der Waals surface area contributed by atoms with Crippen LogP contribution in [0.15, 0.2) is 10.0 Å². The van der Waals surface area contributed by atoms with Crippen LogP contribution in [0.25, 0.3) is 0 Å². The van der Waals surface area contributed by atoms with Crippen LogP contribution in [0.4, 0.5) is 0 Å². The van der Waals surface area contributed by atoms with Crippen molar-refractivity contribution in [2.24, 2.45) is 0 Å². The molecular formula is C12H18N4OS2. The Balaban J connectivity index is 1.80. The molecule has 0 atom stereocenters. The van der Waals surface area contributed by atoms with Gasteiger partial charge < -0.3 is 4.52 Å². The summed E-state index contributed by atoms with van der Waals surface area (Å²) in [6, 6.07) is 0. The molecular weight excluding hydrogens is 280 g/mol. The highest BCUT2D eigenvalue weighted by molar-refractivity contribution is 7.97. The molecule has 0 amide bonds. The number of aryl methyl sites for hydroxylation is 1. The van der Waals surface area contributed by atoms with Crippen molar-refractivity contribution in [2.45, 2.75) is 25.6 Å². The van der Waals surface area contributed by atoms with E-state index in [9.17, 15) is 0 Å². The van der Waals surface area contributed by atoms with Gasteiger partial charge in [0.25, 0.3) is 0 Å². The summed E-state index contributed by atoms with van der Waals surface area (Å²) in [5, 5.41) is 3.94. The molecule has 0 aromatic carbocycles. The predicted octanol–water partition coefficient (Wildman–Crippen LogP) is 2.37. The molecule has 0 aliphatic rings. The lowest BCUT2D eigenvalue weighted by Crippen LogP contribution is -2.20. The van der Waals surface area contributed by atoms with Gasteiger partial charge in [-0.05, 0) is 26.6 Å². The van der Waals surface area contributed by atoms with Crippen LogP contribution in [0.2, 0.25) is 0 Å². The summed E-state index contributed by atoms with van der Waals surface area (Å²) in [6.45, 7) is 3.71. The summed E-state index contributed by atoms with van der Waals surface area (Å²) in [5.41, 5.74) is 3.04. The molecule has 0 unspecified atom stereocenters. The fourth-order valence-electron chi connectivity index (χ4n) is 1.71. The molecule has 0 N–H and O–H groups in total. The SMILES string of the molecule is CSCc1noc(CN(C)CCc2scnc2C)n1. The molecule has 0 bridgehead atoms. The van der Waals surface area contributed by atoms with Crippen molar-refractivity contribution >= 4 is 23.1 Å². The summed E-state index contributed by atoms with van der Waals surface area (Å²) in [7, 11) is 2.06. The van der Waals surface area contributed by atoms with Gasteiger partial charge in [0.2, 0.25) is 5.89 Å². The van der Waals surface area contributed by atoms with E-state index in [1.165, 1.54) is 4.88 Å². The van der Waals surface area contributed by atoms with Gasteiger partial charge in [0.05, 0.1) is 23.5 Å². The number of hydrogen-bond donors (Lipinski definition) is 0. The molecule has 2 aromatic heterocycles. The minimum absolute atomic E-state index is 0.688. The highest BCUT2D eigenvalue weighted by Crippen LogP contribution is 2.13. The maximum atomic E-state index is 5.22. The molecule has 2 heterocycles. The average molecular weight is 298 g/mol. The van der Waals surface area contributed by atoms with Crippen LogP contribution in [0.5, 0.6) is 0 Å². The predicted molar refractivity (Wildman–Crippen MR) is 78.4 cm³/mol. The summed E-state index contributed by atoms with van der Waals surface area (Å²) < 4.78 is 5.22. The highest BCUT2D eigenvalue weighted by atomic mass is 32.2. The molecule has 19 heavy (non-hydrogen) atoms. The third kappa shape index (κ3) is 4.29. The number of hydrogen-bond acceptors (Lipinski definition) is 7. The molecule has 5 nitrogen and oxygen atoms in total. The van der Waals surface area contributed by atoms with Crippen LogP contribution < -0.4 is 0 Å². The van der Waals surface area contributed by atoms with Gasteiger partial charge in [-0.1, -0.05) is 5.16 Å². The zero-order chi connectivity index (χ0) is 13.7. The Morgan fingerprint density at radius 1 is 1.47 bits per heavy atom. The van der Waals surface area contributed by atoms with Crippen LogP contribution in [0, 0.1) is 6.92 Å². The molecule has 0 fully saturated rings. The number of nitrogens with zero attached hydrogens (tertiary/aromatic N) is 4. The molecule has 2 aromatic rings. The van der Waals surface area contributed by atoms with Crippen molar-refractivity contribution < 1.29 is 4.52 Å². The molecule has 0 radical (unpaired) electrons. The molecule has 0 saturated heterocycles. The van der Waals surface area contributed by atoms with E-state index in [0.717, 1.165) is 30.2 Å². The van der Waals surface area contributed by atoms with Gasteiger partial charge in [0.15, 0.2) is 5.82 Å². The third-order valence-corrected chi connectivity index (χ3v) is 4.30. The Labute approximate surface area is 121 Å². The molecule has 0 aliphatic carbocycles. The van der Waals surface area contributed by atoms with Crippen molar-refractivity contribution in [2.75, 3.05) is 19.8 Å². The van der Waals surface area contributed by atoms with Gasteiger partial charge in [-0.3, -0.25) is 4.90 Å². The molecule has 7 heteroatoms. The summed E-state index contributed by atoms with van der Waals surface area (Å²) in [4.78, 5) is 12.1. The van der Waals surface area contributed by atoms with E-state index in [1.807, 2.05) is 11.8 Å². The second-order valence-electron chi connectivity index (χ2n) is 4.39. The second-order valence-corrected chi connectivity index (χ2v) is 6.19. The third-order valence-electron chi connectivity index (χ3n) is 2.75. The largest absolute Gasteiger partial charge is 0.338 e. The zero-order valence-electron chi connectivity index (χ0n) is 11.4. The van der Waals surface area contributed by atoms with E-state index in [0.29, 0.717) is 12.4 Å². The Morgan fingerprint density at radius 3 is 3.00 bits per heavy atom. The van der Waals surface area contributed by atoms with E-state index in [4.69, 9.17) is 4.52 Å². The van der Waals surface area contributed by atoms with E-state index in [2.05, 4.69) is 34.0 Å². The van der Waals surface area contributed by atoms with Crippen LogP contribution >= 0.6 is 23.1 Å². The maximum Gasteiger partial charge on any atom is 0.240 e. The van der Waals surface area contributed by atoms with Gasteiger partial charge in [0, 0.05) is 11.4 Å². The van der Waals surface area contributed by atoms with Crippen molar-refractivity contribution in [3.63, 3.8) is 0 Å². The van der Waals surface area contributed by atoms with Crippen LogP contribution in [0.1, 0.15) is 22.3 Å². The van der Waals surface area contributed by atoms with Gasteiger partial charge in [-0.2, -0.15) is 16.7 Å². The number of likely N-dealkylation sites (N-methyl/N-ethyl adjacent to an activating group) is 1.